The van der Waals surface area contributed by atoms with Crippen LogP contribution in [0.25, 0.3) is 0 Å². The summed E-state index contributed by atoms with van der Waals surface area (Å²) in [5.41, 5.74) is 1.94. The average Bonchev–Trinajstić information content (AvgIpc) is 2.64. The molecule has 0 aliphatic heterocycles. The second-order valence-electron chi connectivity index (χ2n) is 3.30. The van der Waals surface area contributed by atoms with Gasteiger partial charge in [0, 0.05) is 13.2 Å². The Labute approximate surface area is 98.1 Å². The smallest absolute Gasteiger partial charge is 0.103 e. The van der Waals surface area contributed by atoms with E-state index in [-0.39, 0.29) is 0 Å². The molecular weight excluding hydrogens is 224 g/mol. The molecule has 1 aromatic heterocycles. The van der Waals surface area contributed by atoms with E-state index in [1.165, 1.54) is 0 Å². The topological polar surface area (TPSA) is 53.6 Å². The molecule has 1 aromatic carbocycles. The van der Waals surface area contributed by atoms with Gasteiger partial charge >= 0.3 is 0 Å². The number of hydrogen-bond donors (Lipinski definition) is 1. The monoisotopic (exact) mass is 232 g/mol. The fraction of sp³-hybridized carbons (Fsp3) is 0.0909. The standard InChI is InChI=1S/C11H9ClN4/c1-16-7-8(6-14-16)15-11-4-2-3-10(12)9(11)5-13/h2-4,6-7,15H,1H3. The Kier molecular flexibility index (Phi) is 2.80. The second kappa shape index (κ2) is 4.25. The quantitative estimate of drug-likeness (QED) is 0.866. The first kappa shape index (κ1) is 10.5. The van der Waals surface area contributed by atoms with Gasteiger partial charge in [-0.05, 0) is 12.1 Å². The number of aryl methyl sites for hydroxylation is 1. The van der Waals surface area contributed by atoms with E-state index in [2.05, 4.69) is 16.5 Å². The molecule has 0 saturated heterocycles. The minimum Gasteiger partial charge on any atom is -0.352 e. The Balaban J connectivity index is 2.35. The molecule has 0 aliphatic carbocycles. The Bertz CT molecular complexity index is 553. The normalized spacial score (nSPS) is 9.81. The van der Waals surface area contributed by atoms with Crippen molar-refractivity contribution in [2.45, 2.75) is 0 Å². The van der Waals surface area contributed by atoms with Crippen LogP contribution in [-0.4, -0.2) is 9.78 Å². The summed E-state index contributed by atoms with van der Waals surface area (Å²) in [4.78, 5) is 0. The molecule has 16 heavy (non-hydrogen) atoms. The van der Waals surface area contributed by atoms with Gasteiger partial charge in [0.25, 0.3) is 0 Å². The van der Waals surface area contributed by atoms with Gasteiger partial charge in [-0.1, -0.05) is 17.7 Å². The summed E-state index contributed by atoms with van der Waals surface area (Å²) in [6.07, 6.45) is 3.50. The van der Waals surface area contributed by atoms with E-state index in [9.17, 15) is 0 Å². The van der Waals surface area contributed by atoms with Gasteiger partial charge < -0.3 is 5.32 Å². The highest BCUT2D eigenvalue weighted by atomic mass is 35.5. The summed E-state index contributed by atoms with van der Waals surface area (Å²) in [6.45, 7) is 0. The van der Waals surface area contributed by atoms with Crippen LogP contribution in [0.4, 0.5) is 11.4 Å². The first-order valence-corrected chi connectivity index (χ1v) is 5.03. The molecule has 5 heteroatoms. The minimum absolute atomic E-state index is 0.438. The van der Waals surface area contributed by atoms with Crippen LogP contribution in [0.2, 0.25) is 5.02 Å². The highest BCUT2D eigenvalue weighted by Gasteiger charge is 2.06. The maximum absolute atomic E-state index is 8.99. The Hall–Kier alpha value is -1.99. The van der Waals surface area contributed by atoms with E-state index >= 15 is 0 Å². The third-order valence-electron chi connectivity index (χ3n) is 2.11. The van der Waals surface area contributed by atoms with E-state index in [4.69, 9.17) is 16.9 Å². The van der Waals surface area contributed by atoms with Crippen LogP contribution >= 0.6 is 11.6 Å². The summed E-state index contributed by atoms with van der Waals surface area (Å²) in [5.74, 6) is 0. The molecule has 0 amide bonds. The lowest BCUT2D eigenvalue weighted by molar-refractivity contribution is 0.768. The van der Waals surface area contributed by atoms with Crippen molar-refractivity contribution in [2.24, 2.45) is 7.05 Å². The van der Waals surface area contributed by atoms with Crippen molar-refractivity contribution in [3.63, 3.8) is 0 Å². The lowest BCUT2D eigenvalue weighted by Crippen LogP contribution is -1.93. The van der Waals surface area contributed by atoms with Crippen molar-refractivity contribution < 1.29 is 0 Å². The predicted molar refractivity (Wildman–Crippen MR) is 62.7 cm³/mol. The van der Waals surface area contributed by atoms with Gasteiger partial charge in [-0.15, -0.1) is 0 Å². The largest absolute Gasteiger partial charge is 0.352 e. The molecule has 4 nitrogen and oxygen atoms in total. The third kappa shape index (κ3) is 2.00. The van der Waals surface area contributed by atoms with Crippen LogP contribution < -0.4 is 5.32 Å². The summed E-state index contributed by atoms with van der Waals surface area (Å²) < 4.78 is 1.68. The fourth-order valence-electron chi connectivity index (χ4n) is 1.38. The first-order valence-electron chi connectivity index (χ1n) is 4.65. The van der Waals surface area contributed by atoms with Crippen molar-refractivity contribution in [3.8, 4) is 6.07 Å². The van der Waals surface area contributed by atoms with E-state index < -0.39 is 0 Å². The molecule has 0 aliphatic rings. The number of aromatic nitrogens is 2. The van der Waals surface area contributed by atoms with Crippen LogP contribution in [0.1, 0.15) is 5.56 Å². The molecule has 1 heterocycles. The van der Waals surface area contributed by atoms with E-state index in [1.54, 1.807) is 29.1 Å². The molecule has 0 fully saturated rings. The summed E-state index contributed by atoms with van der Waals surface area (Å²) in [6, 6.07) is 7.35. The molecule has 0 radical (unpaired) electrons. The van der Waals surface area contributed by atoms with Crippen molar-refractivity contribution >= 4 is 23.0 Å². The van der Waals surface area contributed by atoms with Gasteiger partial charge in [-0.2, -0.15) is 10.4 Å². The highest BCUT2D eigenvalue weighted by molar-refractivity contribution is 6.32. The SMILES string of the molecule is Cn1cc(Nc2cccc(Cl)c2C#N)cn1. The third-order valence-corrected chi connectivity index (χ3v) is 2.42. The molecule has 0 unspecified atom stereocenters. The Morgan fingerprint density at radius 1 is 1.50 bits per heavy atom. The lowest BCUT2D eigenvalue weighted by atomic mass is 10.2. The van der Waals surface area contributed by atoms with Gasteiger partial charge in [-0.25, -0.2) is 0 Å². The number of hydrogen-bond acceptors (Lipinski definition) is 3. The van der Waals surface area contributed by atoms with Gasteiger partial charge in [0.1, 0.15) is 6.07 Å². The van der Waals surface area contributed by atoms with E-state index in [1.807, 2.05) is 13.2 Å². The van der Waals surface area contributed by atoms with Crippen LogP contribution in [0.15, 0.2) is 30.6 Å². The van der Waals surface area contributed by atoms with Crippen LogP contribution in [0.3, 0.4) is 0 Å². The molecule has 0 atom stereocenters. The highest BCUT2D eigenvalue weighted by Crippen LogP contribution is 2.25. The Morgan fingerprint density at radius 3 is 2.94 bits per heavy atom. The summed E-state index contributed by atoms with van der Waals surface area (Å²) in [5, 5.41) is 16.6. The molecule has 2 rings (SSSR count). The maximum atomic E-state index is 8.99. The van der Waals surface area contributed by atoms with Gasteiger partial charge in [0.2, 0.25) is 0 Å². The first-order chi connectivity index (χ1) is 7.70. The fourth-order valence-corrected chi connectivity index (χ4v) is 1.60. The zero-order valence-corrected chi connectivity index (χ0v) is 9.36. The Morgan fingerprint density at radius 2 is 2.31 bits per heavy atom. The van der Waals surface area contributed by atoms with Crippen LogP contribution in [0.5, 0.6) is 0 Å². The number of anilines is 2. The number of nitrogens with one attached hydrogen (secondary N) is 1. The van der Waals surface area contributed by atoms with Crippen molar-refractivity contribution in [1.29, 1.82) is 5.26 Å². The molecule has 0 saturated carbocycles. The number of halogens is 1. The van der Waals surface area contributed by atoms with Crippen LogP contribution in [-0.2, 0) is 7.05 Å². The molecule has 80 valence electrons. The number of benzene rings is 1. The van der Waals surface area contributed by atoms with E-state index in [0.29, 0.717) is 16.3 Å². The number of nitrogens with zero attached hydrogens (tertiary/aromatic N) is 3. The van der Waals surface area contributed by atoms with E-state index in [0.717, 1.165) is 5.69 Å². The van der Waals surface area contributed by atoms with Crippen molar-refractivity contribution in [2.75, 3.05) is 5.32 Å². The molecular formula is C11H9ClN4. The molecule has 1 N–H and O–H groups in total. The second-order valence-corrected chi connectivity index (χ2v) is 3.71. The van der Waals surface area contributed by atoms with Gasteiger partial charge in [0.05, 0.1) is 28.2 Å². The molecule has 0 spiro atoms. The van der Waals surface area contributed by atoms with Crippen molar-refractivity contribution in [3.05, 3.63) is 41.2 Å². The minimum atomic E-state index is 0.438. The lowest BCUT2D eigenvalue weighted by Gasteiger charge is -2.06. The zero-order valence-electron chi connectivity index (χ0n) is 8.61. The zero-order chi connectivity index (χ0) is 11.5. The molecule has 2 aromatic rings. The maximum Gasteiger partial charge on any atom is 0.103 e. The average molecular weight is 233 g/mol. The van der Waals surface area contributed by atoms with Crippen molar-refractivity contribution in [1.82, 2.24) is 9.78 Å². The predicted octanol–water partition coefficient (Wildman–Crippen LogP) is 2.69. The summed E-state index contributed by atoms with van der Waals surface area (Å²) in [7, 11) is 1.83. The van der Waals surface area contributed by atoms with Crippen LogP contribution in [0, 0.1) is 11.3 Å². The van der Waals surface area contributed by atoms with Gasteiger partial charge in [-0.3, -0.25) is 4.68 Å². The summed E-state index contributed by atoms with van der Waals surface area (Å²) >= 11 is 5.92. The molecule has 0 bridgehead atoms. The van der Waals surface area contributed by atoms with Gasteiger partial charge in [0.15, 0.2) is 0 Å². The number of rotatable bonds is 2. The number of nitriles is 1.